The Morgan fingerprint density at radius 2 is 1.56 bits per heavy atom. The van der Waals surface area contributed by atoms with Crippen molar-refractivity contribution >= 4 is 5.69 Å². The second-order valence-corrected chi connectivity index (χ2v) is 5.36. The van der Waals surface area contributed by atoms with Crippen LogP contribution in [0.4, 0.5) is 5.69 Å². The molecule has 94 valence electrons. The van der Waals surface area contributed by atoms with Gasteiger partial charge in [-0.15, -0.1) is 0 Å². The predicted octanol–water partition coefficient (Wildman–Crippen LogP) is 4.11. The normalized spacial score (nSPS) is 11.3. The number of hydrogen-bond donors (Lipinski definition) is 1. The second kappa shape index (κ2) is 4.73. The van der Waals surface area contributed by atoms with Crippen molar-refractivity contribution in [1.82, 2.24) is 0 Å². The van der Waals surface area contributed by atoms with Crippen molar-refractivity contribution in [1.29, 1.82) is 0 Å². The third kappa shape index (κ3) is 3.27. The highest BCUT2D eigenvalue weighted by Gasteiger charge is 2.11. The molecule has 2 heteroatoms. The molecule has 0 amide bonds. The van der Waals surface area contributed by atoms with Gasteiger partial charge >= 0.3 is 0 Å². The van der Waals surface area contributed by atoms with Crippen LogP contribution in [0.5, 0.6) is 5.75 Å². The van der Waals surface area contributed by atoms with E-state index in [1.807, 2.05) is 51.1 Å². The van der Waals surface area contributed by atoms with Crippen LogP contribution in [0.25, 0.3) is 11.1 Å². The summed E-state index contributed by atoms with van der Waals surface area (Å²) in [6.07, 6.45) is 0. The Balaban J connectivity index is 2.22. The van der Waals surface area contributed by atoms with Crippen LogP contribution in [0.1, 0.15) is 20.8 Å². The summed E-state index contributed by atoms with van der Waals surface area (Å²) in [4.78, 5) is 0. The molecule has 2 nitrogen and oxygen atoms in total. The van der Waals surface area contributed by atoms with E-state index in [2.05, 4.69) is 18.2 Å². The lowest BCUT2D eigenvalue weighted by molar-refractivity contribution is 0.131. The average molecular weight is 241 g/mol. The van der Waals surface area contributed by atoms with Gasteiger partial charge in [0.1, 0.15) is 11.4 Å². The zero-order valence-corrected chi connectivity index (χ0v) is 11.1. The number of benzene rings is 2. The number of hydrogen-bond acceptors (Lipinski definition) is 2. The maximum Gasteiger partial charge on any atom is 0.120 e. The summed E-state index contributed by atoms with van der Waals surface area (Å²) < 4.78 is 5.79. The smallest absolute Gasteiger partial charge is 0.120 e. The molecule has 0 saturated heterocycles. The minimum atomic E-state index is -0.168. The van der Waals surface area contributed by atoms with Gasteiger partial charge in [-0.25, -0.2) is 0 Å². The summed E-state index contributed by atoms with van der Waals surface area (Å²) in [6.45, 7) is 6.12. The first kappa shape index (κ1) is 12.5. The highest BCUT2D eigenvalue weighted by molar-refractivity contribution is 5.67. The molecule has 0 spiro atoms. The minimum absolute atomic E-state index is 0.168. The number of ether oxygens (including phenoxy) is 1. The molecule has 0 saturated carbocycles. The SMILES string of the molecule is CC(C)(C)Oc1ccc(-c2cccc(N)c2)cc1. The maximum atomic E-state index is 5.79. The minimum Gasteiger partial charge on any atom is -0.488 e. The molecule has 0 aliphatic heterocycles. The van der Waals surface area contributed by atoms with E-state index in [0.717, 1.165) is 22.6 Å². The third-order valence-corrected chi connectivity index (χ3v) is 2.50. The highest BCUT2D eigenvalue weighted by Crippen LogP contribution is 2.25. The molecule has 0 aliphatic carbocycles. The fourth-order valence-electron chi connectivity index (χ4n) is 1.79. The van der Waals surface area contributed by atoms with E-state index in [0.29, 0.717) is 0 Å². The second-order valence-electron chi connectivity index (χ2n) is 5.36. The van der Waals surface area contributed by atoms with Gasteiger partial charge in [0.25, 0.3) is 0 Å². The van der Waals surface area contributed by atoms with E-state index >= 15 is 0 Å². The molecule has 0 aromatic heterocycles. The Kier molecular flexibility index (Phi) is 3.28. The molecule has 18 heavy (non-hydrogen) atoms. The van der Waals surface area contributed by atoms with E-state index < -0.39 is 0 Å². The van der Waals surface area contributed by atoms with Gasteiger partial charge in [-0.2, -0.15) is 0 Å². The molecule has 0 atom stereocenters. The molecule has 0 aliphatic rings. The van der Waals surface area contributed by atoms with Crippen molar-refractivity contribution < 1.29 is 4.74 Å². The predicted molar refractivity (Wildman–Crippen MR) is 76.7 cm³/mol. The fourth-order valence-corrected chi connectivity index (χ4v) is 1.79. The summed E-state index contributed by atoms with van der Waals surface area (Å²) in [5.74, 6) is 0.884. The van der Waals surface area contributed by atoms with Crippen molar-refractivity contribution in [3.8, 4) is 16.9 Å². The van der Waals surface area contributed by atoms with Crippen LogP contribution in [-0.4, -0.2) is 5.60 Å². The van der Waals surface area contributed by atoms with Gasteiger partial charge in [-0.05, 0) is 56.2 Å². The number of rotatable bonds is 2. The molecular formula is C16H19NO. The summed E-state index contributed by atoms with van der Waals surface area (Å²) in [5, 5.41) is 0. The van der Waals surface area contributed by atoms with Crippen molar-refractivity contribution in [3.05, 3.63) is 48.5 Å². The standard InChI is InChI=1S/C16H19NO/c1-16(2,3)18-15-9-7-12(8-10-15)13-5-4-6-14(17)11-13/h4-11H,17H2,1-3H3. The lowest BCUT2D eigenvalue weighted by Crippen LogP contribution is -2.22. The van der Waals surface area contributed by atoms with Gasteiger partial charge in [0.05, 0.1) is 0 Å². The molecule has 2 aromatic carbocycles. The van der Waals surface area contributed by atoms with Crippen LogP contribution in [0.15, 0.2) is 48.5 Å². The highest BCUT2D eigenvalue weighted by atomic mass is 16.5. The van der Waals surface area contributed by atoms with Gasteiger partial charge in [-0.3, -0.25) is 0 Å². The molecule has 0 radical (unpaired) electrons. The fraction of sp³-hybridized carbons (Fsp3) is 0.250. The van der Waals surface area contributed by atoms with Crippen molar-refractivity contribution in [3.63, 3.8) is 0 Å². The summed E-state index contributed by atoms with van der Waals surface area (Å²) in [7, 11) is 0. The molecular weight excluding hydrogens is 222 g/mol. The molecule has 2 N–H and O–H groups in total. The average Bonchev–Trinajstić information content (AvgIpc) is 2.28. The van der Waals surface area contributed by atoms with Gasteiger partial charge in [0.2, 0.25) is 0 Å². The monoisotopic (exact) mass is 241 g/mol. The Morgan fingerprint density at radius 1 is 0.889 bits per heavy atom. The van der Waals surface area contributed by atoms with Gasteiger partial charge in [0, 0.05) is 5.69 Å². The van der Waals surface area contributed by atoms with E-state index in [1.54, 1.807) is 0 Å². The van der Waals surface area contributed by atoms with E-state index in [4.69, 9.17) is 10.5 Å². The topological polar surface area (TPSA) is 35.2 Å². The van der Waals surface area contributed by atoms with Crippen LogP contribution >= 0.6 is 0 Å². The van der Waals surface area contributed by atoms with Crippen LogP contribution in [-0.2, 0) is 0 Å². The first-order valence-corrected chi connectivity index (χ1v) is 6.09. The van der Waals surface area contributed by atoms with Gasteiger partial charge in [-0.1, -0.05) is 24.3 Å². The molecule has 2 rings (SSSR count). The summed E-state index contributed by atoms with van der Waals surface area (Å²) >= 11 is 0. The maximum absolute atomic E-state index is 5.79. The Bertz CT molecular complexity index is 524. The lowest BCUT2D eigenvalue weighted by Gasteiger charge is -2.21. The summed E-state index contributed by atoms with van der Waals surface area (Å²) in [5.41, 5.74) is 8.66. The van der Waals surface area contributed by atoms with Gasteiger partial charge in [0.15, 0.2) is 0 Å². The Morgan fingerprint density at radius 3 is 2.11 bits per heavy atom. The molecule has 0 heterocycles. The largest absolute Gasteiger partial charge is 0.488 e. The van der Waals surface area contributed by atoms with Crippen LogP contribution < -0.4 is 10.5 Å². The zero-order valence-electron chi connectivity index (χ0n) is 11.1. The number of anilines is 1. The molecule has 0 unspecified atom stereocenters. The third-order valence-electron chi connectivity index (χ3n) is 2.50. The van der Waals surface area contributed by atoms with Crippen LogP contribution in [0.3, 0.4) is 0 Å². The first-order chi connectivity index (χ1) is 8.44. The van der Waals surface area contributed by atoms with Crippen molar-refractivity contribution in [2.45, 2.75) is 26.4 Å². The Hall–Kier alpha value is -1.96. The van der Waals surface area contributed by atoms with Crippen molar-refractivity contribution in [2.75, 3.05) is 5.73 Å². The van der Waals surface area contributed by atoms with E-state index in [9.17, 15) is 0 Å². The van der Waals surface area contributed by atoms with E-state index in [-0.39, 0.29) is 5.60 Å². The molecule has 0 fully saturated rings. The molecule has 2 aromatic rings. The summed E-state index contributed by atoms with van der Waals surface area (Å²) in [6, 6.07) is 16.0. The number of nitrogens with two attached hydrogens (primary N) is 1. The van der Waals surface area contributed by atoms with Gasteiger partial charge < -0.3 is 10.5 Å². The quantitative estimate of drug-likeness (QED) is 0.803. The lowest BCUT2D eigenvalue weighted by atomic mass is 10.1. The zero-order chi connectivity index (χ0) is 13.2. The van der Waals surface area contributed by atoms with E-state index in [1.165, 1.54) is 0 Å². The first-order valence-electron chi connectivity index (χ1n) is 6.09. The van der Waals surface area contributed by atoms with Crippen LogP contribution in [0.2, 0.25) is 0 Å². The number of nitrogen functional groups attached to an aromatic ring is 1. The van der Waals surface area contributed by atoms with Crippen molar-refractivity contribution in [2.24, 2.45) is 0 Å². The van der Waals surface area contributed by atoms with Crippen LogP contribution in [0, 0.1) is 0 Å². The Labute approximate surface area is 108 Å². The molecule has 0 bridgehead atoms.